The van der Waals surface area contributed by atoms with Crippen molar-refractivity contribution in [1.82, 2.24) is 9.97 Å². The van der Waals surface area contributed by atoms with Crippen LogP contribution < -0.4 is 4.74 Å². The van der Waals surface area contributed by atoms with Gasteiger partial charge in [-0.25, -0.2) is 4.98 Å². The Labute approximate surface area is 159 Å². The van der Waals surface area contributed by atoms with Crippen molar-refractivity contribution in [3.05, 3.63) is 63.5 Å². The molecular formula is C19H16N4O5. The maximum atomic E-state index is 11.9. The number of esters is 1. The minimum atomic E-state index is -0.559. The van der Waals surface area contributed by atoms with E-state index in [2.05, 4.69) is 9.97 Å². The number of H-pyrrole nitrogens is 1. The number of nitriles is 1. The first kappa shape index (κ1) is 18.8. The van der Waals surface area contributed by atoms with Crippen LogP contribution in [0.25, 0.3) is 11.0 Å². The summed E-state index contributed by atoms with van der Waals surface area (Å²) in [5.74, 6) is 0.443. The molecule has 2 aromatic carbocycles. The molecule has 0 saturated heterocycles. The van der Waals surface area contributed by atoms with Crippen LogP contribution in [0, 0.1) is 21.4 Å². The maximum Gasteiger partial charge on any atom is 0.310 e. The number of nitro benzene ring substituents is 1. The van der Waals surface area contributed by atoms with Crippen molar-refractivity contribution in [1.29, 1.82) is 5.26 Å². The van der Waals surface area contributed by atoms with E-state index in [4.69, 9.17) is 14.7 Å². The predicted octanol–water partition coefficient (Wildman–Crippen LogP) is 3.03. The molecule has 1 aromatic heterocycles. The lowest BCUT2D eigenvalue weighted by molar-refractivity contribution is -0.385. The lowest BCUT2D eigenvalue weighted by Gasteiger charge is -2.04. The molecule has 1 heterocycles. The van der Waals surface area contributed by atoms with Gasteiger partial charge in [0.15, 0.2) is 0 Å². The lowest BCUT2D eigenvalue weighted by atomic mass is 10.1. The number of aromatic nitrogens is 2. The topological polar surface area (TPSA) is 131 Å². The highest BCUT2D eigenvalue weighted by Crippen LogP contribution is 2.27. The Kier molecular flexibility index (Phi) is 5.50. The number of hydrogen-bond acceptors (Lipinski definition) is 7. The zero-order valence-electron chi connectivity index (χ0n) is 15.0. The molecule has 9 nitrogen and oxygen atoms in total. The van der Waals surface area contributed by atoms with Gasteiger partial charge in [-0.1, -0.05) is 0 Å². The van der Waals surface area contributed by atoms with E-state index in [1.54, 1.807) is 37.3 Å². The number of aromatic amines is 1. The Morgan fingerprint density at radius 1 is 1.29 bits per heavy atom. The Morgan fingerprint density at radius 3 is 2.68 bits per heavy atom. The van der Waals surface area contributed by atoms with Crippen LogP contribution in [0.15, 0.2) is 36.4 Å². The van der Waals surface area contributed by atoms with Gasteiger partial charge in [0.05, 0.1) is 46.2 Å². The molecular weight excluding hydrogens is 364 g/mol. The van der Waals surface area contributed by atoms with Gasteiger partial charge in [0, 0.05) is 6.07 Å². The van der Waals surface area contributed by atoms with Gasteiger partial charge in [-0.05, 0) is 37.3 Å². The fraction of sp³-hybridized carbons (Fsp3) is 0.211. The fourth-order valence-electron chi connectivity index (χ4n) is 2.72. The molecule has 0 atom stereocenters. The number of hydrogen-bond donors (Lipinski definition) is 1. The SMILES string of the molecule is CCOC(=O)Cc1c([N+](=O)[O-])ccc2[nH]c(COc3ccc(C#N)cc3)nc12. The number of benzene rings is 2. The third-order valence-corrected chi connectivity index (χ3v) is 3.97. The van der Waals surface area contributed by atoms with E-state index in [-0.39, 0.29) is 30.9 Å². The lowest BCUT2D eigenvalue weighted by Crippen LogP contribution is -2.09. The smallest absolute Gasteiger partial charge is 0.310 e. The summed E-state index contributed by atoms with van der Waals surface area (Å²) in [7, 11) is 0. The van der Waals surface area contributed by atoms with Gasteiger partial charge in [0.1, 0.15) is 18.2 Å². The molecule has 0 radical (unpaired) electrons. The molecule has 1 N–H and O–H groups in total. The number of rotatable bonds is 7. The van der Waals surface area contributed by atoms with Crippen LogP contribution in [0.4, 0.5) is 5.69 Å². The van der Waals surface area contributed by atoms with Gasteiger partial charge in [-0.15, -0.1) is 0 Å². The summed E-state index contributed by atoms with van der Waals surface area (Å²) in [6.45, 7) is 1.94. The average molecular weight is 380 g/mol. The fourth-order valence-corrected chi connectivity index (χ4v) is 2.72. The monoisotopic (exact) mass is 380 g/mol. The third kappa shape index (κ3) is 4.07. The molecule has 3 aromatic rings. The highest BCUT2D eigenvalue weighted by molar-refractivity contribution is 5.87. The van der Waals surface area contributed by atoms with Crippen LogP contribution >= 0.6 is 0 Å². The van der Waals surface area contributed by atoms with E-state index in [0.29, 0.717) is 28.2 Å². The van der Waals surface area contributed by atoms with Gasteiger partial charge >= 0.3 is 5.97 Å². The maximum absolute atomic E-state index is 11.9. The van der Waals surface area contributed by atoms with E-state index in [0.717, 1.165) is 0 Å². The van der Waals surface area contributed by atoms with E-state index in [1.165, 1.54) is 6.07 Å². The average Bonchev–Trinajstić information content (AvgIpc) is 3.10. The zero-order chi connectivity index (χ0) is 20.1. The highest BCUT2D eigenvalue weighted by Gasteiger charge is 2.22. The second-order valence-corrected chi connectivity index (χ2v) is 5.81. The minimum Gasteiger partial charge on any atom is -0.486 e. The van der Waals surface area contributed by atoms with Crippen LogP contribution in [0.3, 0.4) is 0 Å². The normalized spacial score (nSPS) is 10.4. The molecule has 28 heavy (non-hydrogen) atoms. The first-order valence-corrected chi connectivity index (χ1v) is 8.45. The van der Waals surface area contributed by atoms with E-state index >= 15 is 0 Å². The molecule has 0 aliphatic heterocycles. The van der Waals surface area contributed by atoms with E-state index in [1.807, 2.05) is 6.07 Å². The first-order chi connectivity index (χ1) is 13.5. The molecule has 0 unspecified atom stereocenters. The van der Waals surface area contributed by atoms with Crippen molar-refractivity contribution >= 4 is 22.7 Å². The quantitative estimate of drug-likeness (QED) is 0.378. The van der Waals surface area contributed by atoms with Gasteiger partial charge in [-0.3, -0.25) is 14.9 Å². The van der Waals surface area contributed by atoms with Crippen LogP contribution in [-0.4, -0.2) is 27.5 Å². The number of fused-ring (bicyclic) bond motifs is 1. The minimum absolute atomic E-state index is 0.0905. The number of imidazole rings is 1. The van der Waals surface area contributed by atoms with Crippen molar-refractivity contribution < 1.29 is 19.2 Å². The third-order valence-electron chi connectivity index (χ3n) is 3.97. The molecule has 0 fully saturated rings. The Bertz CT molecular complexity index is 1070. The van der Waals surface area contributed by atoms with Crippen molar-refractivity contribution in [2.24, 2.45) is 0 Å². The number of nitrogens with zero attached hydrogens (tertiary/aromatic N) is 3. The van der Waals surface area contributed by atoms with Crippen LogP contribution in [0.1, 0.15) is 23.9 Å². The van der Waals surface area contributed by atoms with Crippen molar-refractivity contribution in [2.75, 3.05) is 6.61 Å². The zero-order valence-corrected chi connectivity index (χ0v) is 15.0. The summed E-state index contributed by atoms with van der Waals surface area (Å²) in [6.07, 6.45) is -0.248. The molecule has 0 aliphatic carbocycles. The number of carbonyl (C=O) groups excluding carboxylic acids is 1. The molecule has 0 amide bonds. The largest absolute Gasteiger partial charge is 0.486 e. The second-order valence-electron chi connectivity index (χ2n) is 5.81. The van der Waals surface area contributed by atoms with Crippen molar-refractivity contribution in [2.45, 2.75) is 20.0 Å². The first-order valence-electron chi connectivity index (χ1n) is 8.45. The Morgan fingerprint density at radius 2 is 2.04 bits per heavy atom. The number of nitro groups is 1. The highest BCUT2D eigenvalue weighted by atomic mass is 16.6. The number of carbonyl (C=O) groups is 1. The molecule has 0 spiro atoms. The predicted molar refractivity (Wildman–Crippen MR) is 98.6 cm³/mol. The van der Waals surface area contributed by atoms with Crippen LogP contribution in [0.2, 0.25) is 0 Å². The van der Waals surface area contributed by atoms with Gasteiger partial charge < -0.3 is 14.5 Å². The summed E-state index contributed by atoms with van der Waals surface area (Å²) >= 11 is 0. The Balaban J connectivity index is 1.87. The van der Waals surface area contributed by atoms with Crippen LogP contribution in [-0.2, 0) is 22.6 Å². The standard InChI is InChI=1S/C19H16N4O5/c1-2-27-18(24)9-14-16(23(25)26)8-7-15-19(14)22-17(21-15)11-28-13-5-3-12(10-20)4-6-13/h3-8H,2,9,11H2,1H3,(H,21,22). The Hall–Kier alpha value is -3.93. The summed E-state index contributed by atoms with van der Waals surface area (Å²) in [5, 5.41) is 20.2. The van der Waals surface area contributed by atoms with Crippen molar-refractivity contribution in [3.8, 4) is 11.8 Å². The van der Waals surface area contributed by atoms with Gasteiger partial charge in [0.25, 0.3) is 5.69 Å². The molecule has 0 bridgehead atoms. The number of ether oxygens (including phenoxy) is 2. The molecule has 0 aliphatic rings. The summed E-state index contributed by atoms with van der Waals surface area (Å²) in [5.41, 5.74) is 1.42. The van der Waals surface area contributed by atoms with E-state index in [9.17, 15) is 14.9 Å². The summed E-state index contributed by atoms with van der Waals surface area (Å²) in [4.78, 5) is 30.1. The van der Waals surface area contributed by atoms with E-state index < -0.39 is 10.9 Å². The summed E-state index contributed by atoms with van der Waals surface area (Å²) < 4.78 is 10.5. The summed E-state index contributed by atoms with van der Waals surface area (Å²) in [6, 6.07) is 11.5. The molecule has 142 valence electrons. The molecule has 0 saturated carbocycles. The van der Waals surface area contributed by atoms with Gasteiger partial charge in [0.2, 0.25) is 0 Å². The molecule has 9 heteroatoms. The van der Waals surface area contributed by atoms with Crippen molar-refractivity contribution in [3.63, 3.8) is 0 Å². The van der Waals surface area contributed by atoms with Crippen LogP contribution in [0.5, 0.6) is 5.75 Å². The van der Waals surface area contributed by atoms with Gasteiger partial charge in [-0.2, -0.15) is 5.26 Å². The number of nitrogens with one attached hydrogen (secondary N) is 1. The molecule has 3 rings (SSSR count). The second kappa shape index (κ2) is 8.18.